The first-order chi connectivity index (χ1) is 8.43. The van der Waals surface area contributed by atoms with Crippen LogP contribution in [0, 0.1) is 5.92 Å². The highest BCUT2D eigenvalue weighted by Gasteiger charge is 2.13. The lowest BCUT2D eigenvalue weighted by atomic mass is 10.1. The first-order valence-corrected chi connectivity index (χ1v) is 6.40. The topological polar surface area (TPSA) is 29.5 Å². The Labute approximate surface area is 110 Å². The summed E-state index contributed by atoms with van der Waals surface area (Å²) < 4.78 is 5.29. The largest absolute Gasteiger partial charge is 0.461 e. The van der Waals surface area contributed by atoms with Gasteiger partial charge in [0, 0.05) is 24.3 Å². The molecule has 0 aromatic heterocycles. The van der Waals surface area contributed by atoms with Gasteiger partial charge in [-0.05, 0) is 19.9 Å². The Balaban J connectivity index is 2.80. The minimum Gasteiger partial charge on any atom is -0.461 e. The van der Waals surface area contributed by atoms with E-state index in [4.69, 9.17) is 4.74 Å². The van der Waals surface area contributed by atoms with Crippen LogP contribution in [-0.4, -0.2) is 19.1 Å². The van der Waals surface area contributed by atoms with Crippen LogP contribution in [0.3, 0.4) is 0 Å². The van der Waals surface area contributed by atoms with Crippen molar-refractivity contribution in [3.05, 3.63) is 29.8 Å². The number of nitrogens with zero attached hydrogens (tertiary/aromatic N) is 1. The van der Waals surface area contributed by atoms with Crippen molar-refractivity contribution in [1.29, 1.82) is 0 Å². The van der Waals surface area contributed by atoms with Crippen molar-refractivity contribution >= 4 is 11.7 Å². The summed E-state index contributed by atoms with van der Waals surface area (Å²) in [5.74, 6) is -0.239. The molecule has 0 N–H and O–H groups in total. The van der Waals surface area contributed by atoms with Gasteiger partial charge in [0.1, 0.15) is 6.61 Å². The fraction of sp³-hybridized carbons (Fsp3) is 0.533. The van der Waals surface area contributed by atoms with E-state index >= 15 is 0 Å². The Morgan fingerprint density at radius 3 is 2.39 bits per heavy atom. The molecule has 1 aromatic rings. The predicted molar refractivity (Wildman–Crippen MR) is 74.6 cm³/mol. The van der Waals surface area contributed by atoms with Gasteiger partial charge in [0.05, 0.1) is 5.92 Å². The van der Waals surface area contributed by atoms with E-state index in [0.29, 0.717) is 12.6 Å². The number of para-hydroxylation sites is 1. The van der Waals surface area contributed by atoms with Crippen molar-refractivity contribution < 1.29 is 9.53 Å². The van der Waals surface area contributed by atoms with E-state index in [1.807, 2.05) is 39.1 Å². The van der Waals surface area contributed by atoms with Gasteiger partial charge in [0.25, 0.3) is 0 Å². The third-order valence-electron chi connectivity index (χ3n) is 2.99. The van der Waals surface area contributed by atoms with Crippen LogP contribution >= 0.6 is 0 Å². The molecule has 0 saturated carbocycles. The number of carbonyl (C=O) groups is 1. The Bertz CT molecular complexity index is 399. The molecule has 1 rings (SSSR count). The van der Waals surface area contributed by atoms with Crippen LogP contribution in [-0.2, 0) is 16.1 Å². The zero-order valence-corrected chi connectivity index (χ0v) is 11.9. The maximum Gasteiger partial charge on any atom is 0.308 e. The average molecular weight is 249 g/mol. The Morgan fingerprint density at radius 2 is 1.83 bits per heavy atom. The van der Waals surface area contributed by atoms with Crippen molar-refractivity contribution in [2.45, 2.75) is 40.3 Å². The van der Waals surface area contributed by atoms with Crippen molar-refractivity contribution in [2.24, 2.45) is 5.92 Å². The molecule has 3 heteroatoms. The summed E-state index contributed by atoms with van der Waals surface area (Å²) in [7, 11) is 2.05. The lowest BCUT2D eigenvalue weighted by Gasteiger charge is -2.26. The molecule has 0 aliphatic carbocycles. The quantitative estimate of drug-likeness (QED) is 0.750. The van der Waals surface area contributed by atoms with Crippen molar-refractivity contribution in [3.63, 3.8) is 0 Å². The van der Waals surface area contributed by atoms with E-state index in [-0.39, 0.29) is 11.9 Å². The van der Waals surface area contributed by atoms with Gasteiger partial charge in [0.2, 0.25) is 0 Å². The molecule has 0 atom stereocenters. The summed E-state index contributed by atoms with van der Waals surface area (Å²) >= 11 is 0. The molecule has 0 amide bonds. The van der Waals surface area contributed by atoms with Crippen LogP contribution in [0.1, 0.15) is 33.3 Å². The molecular formula is C15H23NO2. The molecule has 0 aliphatic rings. The van der Waals surface area contributed by atoms with E-state index in [2.05, 4.69) is 24.8 Å². The number of ether oxygens (including phenoxy) is 1. The minimum atomic E-state index is -0.156. The van der Waals surface area contributed by atoms with Gasteiger partial charge < -0.3 is 9.64 Å². The Kier molecular flexibility index (Phi) is 5.20. The van der Waals surface area contributed by atoms with Gasteiger partial charge in [-0.25, -0.2) is 0 Å². The van der Waals surface area contributed by atoms with Gasteiger partial charge in [-0.15, -0.1) is 0 Å². The molecule has 18 heavy (non-hydrogen) atoms. The van der Waals surface area contributed by atoms with Crippen molar-refractivity contribution in [3.8, 4) is 0 Å². The Hall–Kier alpha value is -1.51. The third-order valence-corrected chi connectivity index (χ3v) is 2.99. The SMILES string of the molecule is CC(C)C(=O)OCc1ccccc1N(C)C(C)C. The molecule has 0 fully saturated rings. The molecule has 0 bridgehead atoms. The summed E-state index contributed by atoms with van der Waals surface area (Å²) in [6, 6.07) is 8.44. The number of carbonyl (C=O) groups excluding carboxylic acids is 1. The fourth-order valence-electron chi connectivity index (χ4n) is 1.57. The number of hydrogen-bond acceptors (Lipinski definition) is 3. The Morgan fingerprint density at radius 1 is 1.22 bits per heavy atom. The van der Waals surface area contributed by atoms with E-state index in [0.717, 1.165) is 11.3 Å². The van der Waals surface area contributed by atoms with Crippen LogP contribution < -0.4 is 4.90 Å². The molecule has 0 heterocycles. The second kappa shape index (κ2) is 6.43. The van der Waals surface area contributed by atoms with Gasteiger partial charge in [0.15, 0.2) is 0 Å². The third kappa shape index (κ3) is 3.76. The number of anilines is 1. The van der Waals surface area contributed by atoms with Crippen LogP contribution in [0.2, 0.25) is 0 Å². The second-order valence-corrected chi connectivity index (χ2v) is 5.10. The maximum atomic E-state index is 11.5. The highest BCUT2D eigenvalue weighted by atomic mass is 16.5. The van der Waals surface area contributed by atoms with Crippen molar-refractivity contribution in [2.75, 3.05) is 11.9 Å². The molecule has 0 aliphatic heterocycles. The van der Waals surface area contributed by atoms with Crippen LogP contribution in [0.25, 0.3) is 0 Å². The van der Waals surface area contributed by atoms with Crippen LogP contribution in [0.5, 0.6) is 0 Å². The van der Waals surface area contributed by atoms with Crippen LogP contribution in [0.4, 0.5) is 5.69 Å². The van der Waals surface area contributed by atoms with E-state index in [1.165, 1.54) is 0 Å². The standard InChI is InChI=1S/C15H23NO2/c1-11(2)15(17)18-10-13-8-6-7-9-14(13)16(5)12(3)4/h6-9,11-12H,10H2,1-5H3. The monoisotopic (exact) mass is 249 g/mol. The zero-order chi connectivity index (χ0) is 13.7. The highest BCUT2D eigenvalue weighted by molar-refractivity contribution is 5.71. The molecule has 1 aromatic carbocycles. The van der Waals surface area contributed by atoms with E-state index in [9.17, 15) is 4.79 Å². The van der Waals surface area contributed by atoms with Gasteiger partial charge in [-0.2, -0.15) is 0 Å². The first kappa shape index (κ1) is 14.6. The molecule has 100 valence electrons. The van der Waals surface area contributed by atoms with E-state index in [1.54, 1.807) is 0 Å². The van der Waals surface area contributed by atoms with Gasteiger partial charge in [-0.3, -0.25) is 4.79 Å². The lowest BCUT2D eigenvalue weighted by Crippen LogP contribution is -2.27. The molecule has 0 unspecified atom stereocenters. The summed E-state index contributed by atoms with van der Waals surface area (Å²) in [5, 5.41) is 0. The van der Waals surface area contributed by atoms with Gasteiger partial charge >= 0.3 is 5.97 Å². The maximum absolute atomic E-state index is 11.5. The molecule has 3 nitrogen and oxygen atoms in total. The zero-order valence-electron chi connectivity index (χ0n) is 11.9. The summed E-state index contributed by atoms with van der Waals surface area (Å²) in [6.07, 6.45) is 0. The number of rotatable bonds is 5. The fourth-order valence-corrected chi connectivity index (χ4v) is 1.57. The van der Waals surface area contributed by atoms with E-state index < -0.39 is 0 Å². The minimum absolute atomic E-state index is 0.0833. The average Bonchev–Trinajstić information content (AvgIpc) is 2.35. The normalized spacial score (nSPS) is 10.8. The van der Waals surface area contributed by atoms with Crippen molar-refractivity contribution in [1.82, 2.24) is 0 Å². The lowest BCUT2D eigenvalue weighted by molar-refractivity contribution is -0.148. The van der Waals surface area contributed by atoms with Crippen LogP contribution in [0.15, 0.2) is 24.3 Å². The first-order valence-electron chi connectivity index (χ1n) is 6.40. The molecular weight excluding hydrogens is 226 g/mol. The molecule has 0 spiro atoms. The van der Waals surface area contributed by atoms with Gasteiger partial charge in [-0.1, -0.05) is 32.0 Å². The predicted octanol–water partition coefficient (Wildman–Crippen LogP) is 3.23. The highest BCUT2D eigenvalue weighted by Crippen LogP contribution is 2.22. The summed E-state index contributed by atoms with van der Waals surface area (Å²) in [4.78, 5) is 13.7. The smallest absolute Gasteiger partial charge is 0.308 e. The number of esters is 1. The summed E-state index contributed by atoms with van der Waals surface area (Å²) in [5.41, 5.74) is 2.16. The molecule has 0 radical (unpaired) electrons. The second-order valence-electron chi connectivity index (χ2n) is 5.10. The number of hydrogen-bond donors (Lipinski definition) is 0. The molecule has 0 saturated heterocycles. The number of benzene rings is 1. The summed E-state index contributed by atoms with van der Waals surface area (Å²) in [6.45, 7) is 8.29.